The molecular formula is C10H16N2OS. The highest BCUT2D eigenvalue weighted by Crippen LogP contribution is 2.13. The van der Waals surface area contributed by atoms with Crippen LogP contribution in [0.4, 0.5) is 0 Å². The second-order valence-corrected chi connectivity index (χ2v) is 4.54. The van der Waals surface area contributed by atoms with Gasteiger partial charge in [-0.05, 0) is 19.1 Å². The Labute approximate surface area is 88.5 Å². The lowest BCUT2D eigenvalue weighted by Gasteiger charge is -2.03. The molecule has 1 aromatic rings. The second kappa shape index (κ2) is 5.78. The third-order valence-electron chi connectivity index (χ3n) is 1.77. The zero-order valence-electron chi connectivity index (χ0n) is 8.59. The maximum Gasteiger partial charge on any atom is 0.216 e. The number of nitrogens with one attached hydrogen (secondary N) is 2. The Morgan fingerprint density at radius 2 is 2.21 bits per heavy atom. The Hall–Kier alpha value is -0.870. The van der Waals surface area contributed by atoms with E-state index in [2.05, 4.69) is 29.7 Å². The van der Waals surface area contributed by atoms with Crippen molar-refractivity contribution in [2.45, 2.75) is 20.4 Å². The molecule has 2 N–H and O–H groups in total. The highest BCUT2D eigenvalue weighted by Gasteiger charge is 1.95. The quantitative estimate of drug-likeness (QED) is 0.722. The van der Waals surface area contributed by atoms with Gasteiger partial charge in [-0.2, -0.15) is 0 Å². The topological polar surface area (TPSA) is 41.1 Å². The lowest BCUT2D eigenvalue weighted by Crippen LogP contribution is -2.29. The summed E-state index contributed by atoms with van der Waals surface area (Å²) in [5.41, 5.74) is 0. The van der Waals surface area contributed by atoms with Crippen molar-refractivity contribution in [3.63, 3.8) is 0 Å². The lowest BCUT2D eigenvalue weighted by atomic mass is 10.4. The van der Waals surface area contributed by atoms with Crippen LogP contribution in [0.1, 0.15) is 16.7 Å². The molecule has 1 heterocycles. The van der Waals surface area contributed by atoms with Crippen molar-refractivity contribution in [2.75, 3.05) is 13.1 Å². The first kappa shape index (κ1) is 11.2. The fourth-order valence-electron chi connectivity index (χ4n) is 1.12. The van der Waals surface area contributed by atoms with Crippen molar-refractivity contribution in [1.29, 1.82) is 0 Å². The summed E-state index contributed by atoms with van der Waals surface area (Å²) in [6, 6.07) is 4.25. The molecule has 0 bridgehead atoms. The molecule has 0 atom stereocenters. The van der Waals surface area contributed by atoms with Crippen LogP contribution in [0.2, 0.25) is 0 Å². The highest BCUT2D eigenvalue weighted by atomic mass is 32.1. The van der Waals surface area contributed by atoms with E-state index in [1.807, 2.05) is 0 Å². The van der Waals surface area contributed by atoms with E-state index in [0.29, 0.717) is 6.54 Å². The summed E-state index contributed by atoms with van der Waals surface area (Å²) in [6.07, 6.45) is 0. The average molecular weight is 212 g/mol. The number of carbonyl (C=O) groups excluding carboxylic acids is 1. The molecule has 0 aliphatic heterocycles. The van der Waals surface area contributed by atoms with Gasteiger partial charge in [-0.25, -0.2) is 0 Å². The molecule has 14 heavy (non-hydrogen) atoms. The molecule has 0 aromatic carbocycles. The molecule has 0 spiro atoms. The van der Waals surface area contributed by atoms with E-state index < -0.39 is 0 Å². The van der Waals surface area contributed by atoms with Gasteiger partial charge in [0.05, 0.1) is 0 Å². The van der Waals surface area contributed by atoms with Gasteiger partial charge < -0.3 is 10.6 Å². The summed E-state index contributed by atoms with van der Waals surface area (Å²) in [6.45, 7) is 6.03. The maximum atomic E-state index is 10.5. The molecule has 0 saturated heterocycles. The Kier molecular flexibility index (Phi) is 4.62. The van der Waals surface area contributed by atoms with E-state index in [1.165, 1.54) is 16.7 Å². The van der Waals surface area contributed by atoms with Crippen molar-refractivity contribution < 1.29 is 4.79 Å². The monoisotopic (exact) mass is 212 g/mol. The molecule has 0 aliphatic carbocycles. The normalized spacial score (nSPS) is 10.1. The van der Waals surface area contributed by atoms with Crippen LogP contribution in [0.25, 0.3) is 0 Å². The van der Waals surface area contributed by atoms with Gasteiger partial charge in [0, 0.05) is 36.3 Å². The van der Waals surface area contributed by atoms with Crippen LogP contribution in [0.15, 0.2) is 12.1 Å². The largest absolute Gasteiger partial charge is 0.355 e. The Balaban J connectivity index is 2.07. The van der Waals surface area contributed by atoms with Gasteiger partial charge in [-0.1, -0.05) is 0 Å². The minimum absolute atomic E-state index is 0.0266. The summed E-state index contributed by atoms with van der Waals surface area (Å²) < 4.78 is 0. The van der Waals surface area contributed by atoms with E-state index in [0.717, 1.165) is 13.1 Å². The molecule has 78 valence electrons. The average Bonchev–Trinajstić information content (AvgIpc) is 2.50. The van der Waals surface area contributed by atoms with Crippen molar-refractivity contribution in [3.8, 4) is 0 Å². The van der Waals surface area contributed by atoms with E-state index in [9.17, 15) is 4.79 Å². The molecular weight excluding hydrogens is 196 g/mol. The smallest absolute Gasteiger partial charge is 0.216 e. The van der Waals surface area contributed by atoms with Gasteiger partial charge in [0.25, 0.3) is 0 Å². The van der Waals surface area contributed by atoms with Gasteiger partial charge in [0.15, 0.2) is 0 Å². The van der Waals surface area contributed by atoms with Gasteiger partial charge in [0.1, 0.15) is 0 Å². The lowest BCUT2D eigenvalue weighted by molar-refractivity contribution is -0.118. The predicted octanol–water partition coefficient (Wildman–Crippen LogP) is 1.28. The van der Waals surface area contributed by atoms with Crippen molar-refractivity contribution >= 4 is 17.2 Å². The molecule has 1 amide bonds. The molecule has 0 saturated carbocycles. The molecule has 0 radical (unpaired) electrons. The Bertz CT molecular complexity index is 296. The van der Waals surface area contributed by atoms with Gasteiger partial charge in [0.2, 0.25) is 5.91 Å². The standard InChI is InChI=1S/C10H16N2OS/c1-8-3-4-10(14-8)7-11-5-6-12-9(2)13/h3-4,11H,5-7H2,1-2H3,(H,12,13). The van der Waals surface area contributed by atoms with E-state index >= 15 is 0 Å². The van der Waals surface area contributed by atoms with Crippen LogP contribution >= 0.6 is 11.3 Å². The summed E-state index contributed by atoms with van der Waals surface area (Å²) in [5, 5.41) is 6.01. The molecule has 1 aromatic heterocycles. The minimum Gasteiger partial charge on any atom is -0.355 e. The van der Waals surface area contributed by atoms with Crippen LogP contribution in [-0.4, -0.2) is 19.0 Å². The zero-order chi connectivity index (χ0) is 10.4. The number of hydrogen-bond acceptors (Lipinski definition) is 3. The summed E-state index contributed by atoms with van der Waals surface area (Å²) in [7, 11) is 0. The number of amides is 1. The predicted molar refractivity (Wildman–Crippen MR) is 59.4 cm³/mol. The Morgan fingerprint density at radius 3 is 2.79 bits per heavy atom. The molecule has 3 nitrogen and oxygen atoms in total. The first-order valence-electron chi connectivity index (χ1n) is 4.69. The van der Waals surface area contributed by atoms with Crippen molar-refractivity contribution in [1.82, 2.24) is 10.6 Å². The number of thiophene rings is 1. The number of carbonyl (C=O) groups is 1. The third-order valence-corrected chi connectivity index (χ3v) is 2.77. The summed E-state index contributed by atoms with van der Waals surface area (Å²) in [4.78, 5) is 13.2. The van der Waals surface area contributed by atoms with Crippen LogP contribution in [0.5, 0.6) is 0 Å². The fourth-order valence-corrected chi connectivity index (χ4v) is 1.98. The van der Waals surface area contributed by atoms with Crippen LogP contribution in [0.3, 0.4) is 0 Å². The molecule has 0 fully saturated rings. The van der Waals surface area contributed by atoms with Crippen LogP contribution in [0, 0.1) is 6.92 Å². The second-order valence-electron chi connectivity index (χ2n) is 3.17. The molecule has 4 heteroatoms. The molecule has 1 rings (SSSR count). The SMILES string of the molecule is CC(=O)NCCNCc1ccc(C)s1. The Morgan fingerprint density at radius 1 is 1.43 bits per heavy atom. The number of aryl methyl sites for hydroxylation is 1. The van der Waals surface area contributed by atoms with Gasteiger partial charge in [-0.15, -0.1) is 11.3 Å². The highest BCUT2D eigenvalue weighted by molar-refractivity contribution is 7.11. The fraction of sp³-hybridized carbons (Fsp3) is 0.500. The zero-order valence-corrected chi connectivity index (χ0v) is 9.41. The third kappa shape index (κ3) is 4.39. The number of hydrogen-bond donors (Lipinski definition) is 2. The van der Waals surface area contributed by atoms with Crippen LogP contribution < -0.4 is 10.6 Å². The molecule has 0 aliphatic rings. The van der Waals surface area contributed by atoms with Crippen LogP contribution in [-0.2, 0) is 11.3 Å². The number of rotatable bonds is 5. The van der Waals surface area contributed by atoms with E-state index in [4.69, 9.17) is 0 Å². The maximum absolute atomic E-state index is 10.5. The van der Waals surface area contributed by atoms with Crippen molar-refractivity contribution in [3.05, 3.63) is 21.9 Å². The van der Waals surface area contributed by atoms with Gasteiger partial charge in [-0.3, -0.25) is 4.79 Å². The van der Waals surface area contributed by atoms with Gasteiger partial charge >= 0.3 is 0 Å². The first-order chi connectivity index (χ1) is 6.68. The van der Waals surface area contributed by atoms with E-state index in [1.54, 1.807) is 11.3 Å². The first-order valence-corrected chi connectivity index (χ1v) is 5.50. The summed E-state index contributed by atoms with van der Waals surface area (Å²) >= 11 is 1.80. The van der Waals surface area contributed by atoms with Crippen molar-refractivity contribution in [2.24, 2.45) is 0 Å². The minimum atomic E-state index is 0.0266. The molecule has 0 unspecified atom stereocenters. The van der Waals surface area contributed by atoms with E-state index in [-0.39, 0.29) is 5.91 Å². The summed E-state index contributed by atoms with van der Waals surface area (Å²) in [5.74, 6) is 0.0266.